The summed E-state index contributed by atoms with van der Waals surface area (Å²) in [5.74, 6) is -0.103. The monoisotopic (exact) mass is 388 g/mol. The van der Waals surface area contributed by atoms with Crippen molar-refractivity contribution >= 4 is 23.2 Å². The summed E-state index contributed by atoms with van der Waals surface area (Å²) in [6.45, 7) is 0. The molecule has 7 heteroatoms. The molecule has 3 aromatic rings. The number of aromatic nitrogens is 2. The minimum absolute atomic E-state index is 0.190. The van der Waals surface area contributed by atoms with Crippen LogP contribution in [0.2, 0.25) is 10.0 Å². The average molecular weight is 389 g/mol. The van der Waals surface area contributed by atoms with Crippen LogP contribution in [0.3, 0.4) is 0 Å². The molecule has 2 aromatic carbocycles. The van der Waals surface area contributed by atoms with Gasteiger partial charge in [0.2, 0.25) is 5.88 Å². The Bertz CT molecular complexity index is 1080. The predicted octanol–water partition coefficient (Wildman–Crippen LogP) is 4.03. The fourth-order valence-corrected chi connectivity index (χ4v) is 3.62. The van der Waals surface area contributed by atoms with Gasteiger partial charge < -0.3 is 4.74 Å². The van der Waals surface area contributed by atoms with Gasteiger partial charge in [-0.3, -0.25) is 14.8 Å². The number of H-pyrrole nitrogens is 2. The van der Waals surface area contributed by atoms with E-state index in [2.05, 4.69) is 9.97 Å². The zero-order valence-electron chi connectivity index (χ0n) is 13.5. The van der Waals surface area contributed by atoms with Gasteiger partial charge >= 0.3 is 5.69 Å². The Labute approximate surface area is 158 Å². The summed E-state index contributed by atoms with van der Waals surface area (Å²) in [6, 6.07) is 14.9. The Kier molecular flexibility index (Phi) is 4.34. The standard InChI is InChI=1S/C19H14Cl2N2O3/c20-13-7-6-11(8-14(13)21)12-9-15(10-4-2-1-3-5-10)26-18-16(12)17(24)22-19(25)23-18/h1-8,12,15H,9H2,(H2,22,23,24,25)/t12-,15+/m0/s1. The molecule has 1 aromatic heterocycles. The molecular weight excluding hydrogens is 375 g/mol. The maximum Gasteiger partial charge on any atom is 0.328 e. The minimum atomic E-state index is -0.602. The number of nitrogens with one attached hydrogen (secondary N) is 2. The zero-order valence-corrected chi connectivity index (χ0v) is 15.0. The summed E-state index contributed by atoms with van der Waals surface area (Å²) in [4.78, 5) is 29.0. The second kappa shape index (κ2) is 6.67. The summed E-state index contributed by atoms with van der Waals surface area (Å²) >= 11 is 12.2. The second-order valence-corrected chi connectivity index (χ2v) is 6.94. The first kappa shape index (κ1) is 16.9. The van der Waals surface area contributed by atoms with Crippen molar-refractivity contribution in [3.05, 3.63) is 96.1 Å². The summed E-state index contributed by atoms with van der Waals surface area (Å²) in [7, 11) is 0. The SMILES string of the molecule is O=c1[nH]c2c(c(=O)[nH]1)[C@H](c1ccc(Cl)c(Cl)c1)C[C@H](c1ccccc1)O2. The summed E-state index contributed by atoms with van der Waals surface area (Å²) in [5.41, 5.74) is 1.11. The van der Waals surface area contributed by atoms with E-state index in [1.54, 1.807) is 12.1 Å². The lowest BCUT2D eigenvalue weighted by atomic mass is 9.84. The molecule has 26 heavy (non-hydrogen) atoms. The zero-order chi connectivity index (χ0) is 18.3. The van der Waals surface area contributed by atoms with Gasteiger partial charge in [-0.25, -0.2) is 4.79 Å². The van der Waals surface area contributed by atoms with Crippen LogP contribution in [0.1, 0.15) is 35.1 Å². The first-order valence-electron chi connectivity index (χ1n) is 8.06. The van der Waals surface area contributed by atoms with Gasteiger partial charge in [0.25, 0.3) is 5.56 Å². The van der Waals surface area contributed by atoms with Crippen LogP contribution in [0.4, 0.5) is 0 Å². The van der Waals surface area contributed by atoms with Crippen LogP contribution in [-0.2, 0) is 0 Å². The van der Waals surface area contributed by atoms with E-state index in [-0.39, 0.29) is 17.9 Å². The van der Waals surface area contributed by atoms with Crippen molar-refractivity contribution in [1.82, 2.24) is 9.97 Å². The molecular formula is C19H14Cl2N2O3. The molecule has 0 saturated heterocycles. The number of hydrogen-bond donors (Lipinski definition) is 2. The third-order valence-electron chi connectivity index (χ3n) is 4.52. The Morgan fingerprint density at radius 3 is 2.42 bits per heavy atom. The van der Waals surface area contributed by atoms with Crippen LogP contribution in [0.5, 0.6) is 5.88 Å². The molecule has 0 spiro atoms. The molecule has 0 aliphatic carbocycles. The van der Waals surface area contributed by atoms with E-state index in [9.17, 15) is 9.59 Å². The molecule has 2 N–H and O–H groups in total. The van der Waals surface area contributed by atoms with Gasteiger partial charge in [-0.2, -0.15) is 0 Å². The molecule has 0 fully saturated rings. The lowest BCUT2D eigenvalue weighted by molar-refractivity contribution is 0.157. The van der Waals surface area contributed by atoms with Crippen LogP contribution in [-0.4, -0.2) is 9.97 Å². The van der Waals surface area contributed by atoms with Gasteiger partial charge in [0.05, 0.1) is 15.6 Å². The lowest BCUT2D eigenvalue weighted by Crippen LogP contribution is -2.33. The quantitative estimate of drug-likeness (QED) is 0.695. The molecule has 4 rings (SSSR count). The van der Waals surface area contributed by atoms with Crippen molar-refractivity contribution in [2.75, 3.05) is 0 Å². The predicted molar refractivity (Wildman–Crippen MR) is 100 cm³/mol. The smallest absolute Gasteiger partial charge is 0.328 e. The van der Waals surface area contributed by atoms with E-state index in [1.807, 2.05) is 36.4 Å². The van der Waals surface area contributed by atoms with Crippen molar-refractivity contribution in [3.63, 3.8) is 0 Å². The van der Waals surface area contributed by atoms with Crippen LogP contribution < -0.4 is 16.0 Å². The van der Waals surface area contributed by atoms with Gasteiger partial charge in [0, 0.05) is 5.92 Å². The van der Waals surface area contributed by atoms with Gasteiger partial charge in [-0.15, -0.1) is 0 Å². The van der Waals surface area contributed by atoms with Crippen LogP contribution in [0.15, 0.2) is 58.1 Å². The number of benzene rings is 2. The normalized spacial score (nSPS) is 18.8. The largest absolute Gasteiger partial charge is 0.470 e. The van der Waals surface area contributed by atoms with Gasteiger partial charge in [-0.05, 0) is 29.7 Å². The Hall–Kier alpha value is -2.50. The Morgan fingerprint density at radius 2 is 1.69 bits per heavy atom. The molecule has 0 saturated carbocycles. The Balaban J connectivity index is 1.87. The second-order valence-electron chi connectivity index (χ2n) is 6.13. The molecule has 0 amide bonds. The van der Waals surface area contributed by atoms with E-state index in [0.717, 1.165) is 11.1 Å². The Morgan fingerprint density at radius 1 is 0.923 bits per heavy atom. The average Bonchev–Trinajstić information content (AvgIpc) is 2.63. The highest BCUT2D eigenvalue weighted by Gasteiger charge is 2.33. The maximum absolute atomic E-state index is 12.4. The first-order chi connectivity index (χ1) is 12.5. The molecule has 0 radical (unpaired) electrons. The number of fused-ring (bicyclic) bond motifs is 1. The molecule has 1 aliphatic heterocycles. The van der Waals surface area contributed by atoms with Crippen LogP contribution >= 0.6 is 23.2 Å². The highest BCUT2D eigenvalue weighted by Crippen LogP contribution is 2.43. The van der Waals surface area contributed by atoms with Crippen molar-refractivity contribution in [2.45, 2.75) is 18.4 Å². The van der Waals surface area contributed by atoms with E-state index < -0.39 is 11.2 Å². The minimum Gasteiger partial charge on any atom is -0.470 e. The third-order valence-corrected chi connectivity index (χ3v) is 5.26. The molecule has 2 heterocycles. The lowest BCUT2D eigenvalue weighted by Gasteiger charge is -2.31. The number of hydrogen-bond acceptors (Lipinski definition) is 3. The van der Waals surface area contributed by atoms with Gasteiger partial charge in [0.15, 0.2) is 0 Å². The molecule has 0 bridgehead atoms. The summed E-state index contributed by atoms with van der Waals surface area (Å²) in [5, 5.41) is 0.854. The van der Waals surface area contributed by atoms with E-state index in [0.29, 0.717) is 22.0 Å². The van der Waals surface area contributed by atoms with Crippen LogP contribution in [0, 0.1) is 0 Å². The topological polar surface area (TPSA) is 75.0 Å². The summed E-state index contributed by atoms with van der Waals surface area (Å²) < 4.78 is 5.95. The number of aromatic amines is 2. The summed E-state index contributed by atoms with van der Waals surface area (Å²) in [6.07, 6.45) is 0.227. The van der Waals surface area contributed by atoms with Gasteiger partial charge in [-0.1, -0.05) is 59.6 Å². The van der Waals surface area contributed by atoms with Crippen LogP contribution in [0.25, 0.3) is 0 Å². The first-order valence-corrected chi connectivity index (χ1v) is 8.81. The molecule has 1 aliphatic rings. The highest BCUT2D eigenvalue weighted by atomic mass is 35.5. The van der Waals surface area contributed by atoms with Crippen molar-refractivity contribution in [2.24, 2.45) is 0 Å². The molecule has 5 nitrogen and oxygen atoms in total. The fourth-order valence-electron chi connectivity index (χ4n) is 3.31. The molecule has 0 unspecified atom stereocenters. The van der Waals surface area contributed by atoms with Gasteiger partial charge in [0.1, 0.15) is 6.10 Å². The molecule has 2 atom stereocenters. The maximum atomic E-state index is 12.4. The highest BCUT2D eigenvalue weighted by molar-refractivity contribution is 6.42. The van der Waals surface area contributed by atoms with E-state index in [1.165, 1.54) is 0 Å². The third kappa shape index (κ3) is 3.04. The fraction of sp³-hybridized carbons (Fsp3) is 0.158. The van der Waals surface area contributed by atoms with Crippen molar-refractivity contribution in [3.8, 4) is 5.88 Å². The number of ether oxygens (including phenoxy) is 1. The number of halogens is 2. The van der Waals surface area contributed by atoms with Crippen molar-refractivity contribution < 1.29 is 4.74 Å². The molecule has 132 valence electrons. The van der Waals surface area contributed by atoms with E-state index >= 15 is 0 Å². The number of rotatable bonds is 2. The van der Waals surface area contributed by atoms with E-state index in [4.69, 9.17) is 27.9 Å². The van der Waals surface area contributed by atoms with Crippen molar-refractivity contribution in [1.29, 1.82) is 0 Å².